The van der Waals surface area contributed by atoms with E-state index >= 15 is 0 Å². The van der Waals surface area contributed by atoms with Gasteiger partial charge in [-0.05, 0) is 7.05 Å². The minimum absolute atomic E-state index is 0.524. The Morgan fingerprint density at radius 3 is 2.00 bits per heavy atom. The third-order valence-corrected chi connectivity index (χ3v) is 2.00. The number of alkyl halides is 3. The lowest BCUT2D eigenvalue weighted by molar-refractivity contribution is -0.148. The maximum atomic E-state index is 11.9. The van der Waals surface area contributed by atoms with Crippen LogP contribution in [0.2, 0.25) is 0 Å². The van der Waals surface area contributed by atoms with Gasteiger partial charge in [-0.15, -0.1) is 0 Å². The summed E-state index contributed by atoms with van der Waals surface area (Å²) in [5, 5.41) is 0. The standard InChI is InChI=1S/C7H13F3N2/c1-11-2-4-12(5-3-11)6-7(8,9)10/h2-6H2,1H3. The van der Waals surface area contributed by atoms with E-state index in [4.69, 9.17) is 0 Å². The van der Waals surface area contributed by atoms with Crippen molar-refractivity contribution in [3.8, 4) is 0 Å². The maximum absolute atomic E-state index is 11.9. The predicted octanol–water partition coefficient (Wildman–Crippen LogP) is 0.796. The first-order valence-corrected chi connectivity index (χ1v) is 3.95. The maximum Gasteiger partial charge on any atom is 0.401 e. The Kier molecular flexibility index (Phi) is 2.95. The summed E-state index contributed by atoms with van der Waals surface area (Å²) in [5.74, 6) is 0. The number of likely N-dealkylation sites (N-methyl/N-ethyl adjacent to an activating group) is 1. The van der Waals surface area contributed by atoms with Crippen molar-refractivity contribution < 1.29 is 13.2 Å². The molecule has 0 spiro atoms. The second kappa shape index (κ2) is 3.62. The van der Waals surface area contributed by atoms with Crippen molar-refractivity contribution in [2.75, 3.05) is 39.8 Å². The number of hydrogen-bond donors (Lipinski definition) is 0. The lowest BCUT2D eigenvalue weighted by atomic mass is 10.3. The lowest BCUT2D eigenvalue weighted by Crippen LogP contribution is -2.47. The summed E-state index contributed by atoms with van der Waals surface area (Å²) in [4.78, 5) is 3.48. The molecule has 0 aromatic carbocycles. The number of rotatable bonds is 1. The summed E-state index contributed by atoms with van der Waals surface area (Å²) in [5.41, 5.74) is 0. The minimum Gasteiger partial charge on any atom is -0.304 e. The van der Waals surface area contributed by atoms with Gasteiger partial charge in [-0.1, -0.05) is 0 Å². The molecule has 0 unspecified atom stereocenters. The van der Waals surface area contributed by atoms with Gasteiger partial charge in [0.2, 0.25) is 0 Å². The zero-order chi connectivity index (χ0) is 9.19. The molecule has 0 radical (unpaired) electrons. The Labute approximate surface area is 69.9 Å². The van der Waals surface area contributed by atoms with Gasteiger partial charge in [-0.25, -0.2) is 0 Å². The molecule has 0 aliphatic carbocycles. The zero-order valence-corrected chi connectivity index (χ0v) is 7.06. The van der Waals surface area contributed by atoms with E-state index < -0.39 is 12.7 Å². The minimum atomic E-state index is -4.05. The van der Waals surface area contributed by atoms with Crippen LogP contribution in [0.1, 0.15) is 0 Å². The van der Waals surface area contributed by atoms with Crippen LogP contribution < -0.4 is 0 Å². The van der Waals surface area contributed by atoms with Crippen LogP contribution in [-0.2, 0) is 0 Å². The molecule has 12 heavy (non-hydrogen) atoms. The molecule has 1 heterocycles. The van der Waals surface area contributed by atoms with E-state index in [1.165, 1.54) is 4.90 Å². The normalized spacial score (nSPS) is 23.0. The van der Waals surface area contributed by atoms with Crippen LogP contribution in [0.15, 0.2) is 0 Å². The van der Waals surface area contributed by atoms with Crippen molar-refractivity contribution in [2.45, 2.75) is 6.18 Å². The molecule has 1 fully saturated rings. The predicted molar refractivity (Wildman–Crippen MR) is 40.0 cm³/mol. The van der Waals surface area contributed by atoms with Gasteiger partial charge in [0.1, 0.15) is 0 Å². The highest BCUT2D eigenvalue weighted by molar-refractivity contribution is 4.71. The monoisotopic (exact) mass is 182 g/mol. The van der Waals surface area contributed by atoms with Gasteiger partial charge in [0.05, 0.1) is 6.54 Å². The van der Waals surface area contributed by atoms with E-state index in [9.17, 15) is 13.2 Å². The summed E-state index contributed by atoms with van der Waals surface area (Å²) >= 11 is 0. The Morgan fingerprint density at radius 1 is 1.08 bits per heavy atom. The average molecular weight is 182 g/mol. The van der Waals surface area contributed by atoms with E-state index in [0.717, 1.165) is 13.1 Å². The highest BCUT2D eigenvalue weighted by atomic mass is 19.4. The Bertz CT molecular complexity index is 138. The topological polar surface area (TPSA) is 6.48 Å². The summed E-state index contributed by atoms with van der Waals surface area (Å²) in [6.45, 7) is 1.75. The first-order valence-electron chi connectivity index (χ1n) is 3.95. The molecule has 0 bridgehead atoms. The van der Waals surface area contributed by atoms with Gasteiger partial charge < -0.3 is 4.90 Å². The fourth-order valence-corrected chi connectivity index (χ4v) is 1.26. The largest absolute Gasteiger partial charge is 0.401 e. The SMILES string of the molecule is CN1CCN(CC(F)(F)F)CC1. The van der Waals surface area contributed by atoms with Gasteiger partial charge in [0.25, 0.3) is 0 Å². The molecule has 1 saturated heterocycles. The fraction of sp³-hybridized carbons (Fsp3) is 1.00. The summed E-state index contributed by atoms with van der Waals surface area (Å²) < 4.78 is 35.6. The van der Waals surface area contributed by atoms with Crippen LogP contribution >= 0.6 is 0 Å². The van der Waals surface area contributed by atoms with Crippen molar-refractivity contribution in [1.29, 1.82) is 0 Å². The van der Waals surface area contributed by atoms with E-state index in [1.54, 1.807) is 0 Å². The molecule has 1 rings (SSSR count). The molecule has 5 heteroatoms. The van der Waals surface area contributed by atoms with Gasteiger partial charge in [-0.3, -0.25) is 4.90 Å². The quantitative estimate of drug-likeness (QED) is 0.591. The van der Waals surface area contributed by atoms with Crippen molar-refractivity contribution in [2.24, 2.45) is 0 Å². The molecule has 72 valence electrons. The Balaban J connectivity index is 2.26. The number of halogens is 3. The second-order valence-electron chi connectivity index (χ2n) is 3.19. The van der Waals surface area contributed by atoms with Crippen LogP contribution in [0.5, 0.6) is 0 Å². The second-order valence-corrected chi connectivity index (χ2v) is 3.19. The van der Waals surface area contributed by atoms with Crippen LogP contribution in [0.4, 0.5) is 13.2 Å². The van der Waals surface area contributed by atoms with Crippen LogP contribution in [0.25, 0.3) is 0 Å². The molecule has 0 saturated carbocycles. The van der Waals surface area contributed by atoms with Gasteiger partial charge in [0.15, 0.2) is 0 Å². The van der Waals surface area contributed by atoms with Crippen molar-refractivity contribution >= 4 is 0 Å². The van der Waals surface area contributed by atoms with E-state index in [1.807, 2.05) is 11.9 Å². The third kappa shape index (κ3) is 3.40. The highest BCUT2D eigenvalue weighted by Crippen LogP contribution is 2.16. The van der Waals surface area contributed by atoms with E-state index in [2.05, 4.69) is 0 Å². The number of hydrogen-bond acceptors (Lipinski definition) is 2. The molecule has 0 aromatic heterocycles. The van der Waals surface area contributed by atoms with Crippen molar-refractivity contribution in [1.82, 2.24) is 9.80 Å². The Morgan fingerprint density at radius 2 is 1.58 bits per heavy atom. The summed E-state index contributed by atoms with van der Waals surface area (Å²) in [6.07, 6.45) is -4.05. The molecule has 0 amide bonds. The molecule has 1 aliphatic rings. The zero-order valence-electron chi connectivity index (χ0n) is 7.06. The molecule has 0 aromatic rings. The lowest BCUT2D eigenvalue weighted by Gasteiger charge is -2.32. The van der Waals surface area contributed by atoms with Crippen LogP contribution in [0.3, 0.4) is 0 Å². The average Bonchev–Trinajstić information content (AvgIpc) is 1.91. The van der Waals surface area contributed by atoms with Crippen LogP contribution in [0, 0.1) is 0 Å². The molecular weight excluding hydrogens is 169 g/mol. The first kappa shape index (κ1) is 9.80. The Hall–Kier alpha value is -0.290. The molecule has 0 atom stereocenters. The third-order valence-electron chi connectivity index (χ3n) is 2.00. The number of piperazine rings is 1. The van der Waals surface area contributed by atoms with E-state index in [0.29, 0.717) is 13.1 Å². The van der Waals surface area contributed by atoms with Gasteiger partial charge >= 0.3 is 6.18 Å². The highest BCUT2D eigenvalue weighted by Gasteiger charge is 2.31. The number of nitrogens with zero attached hydrogens (tertiary/aromatic N) is 2. The fourth-order valence-electron chi connectivity index (χ4n) is 1.26. The van der Waals surface area contributed by atoms with E-state index in [-0.39, 0.29) is 0 Å². The van der Waals surface area contributed by atoms with Crippen molar-refractivity contribution in [3.05, 3.63) is 0 Å². The molecular formula is C7H13F3N2. The molecule has 1 aliphatic heterocycles. The summed E-state index contributed by atoms with van der Waals surface area (Å²) in [6, 6.07) is 0. The van der Waals surface area contributed by atoms with Gasteiger partial charge in [0, 0.05) is 26.2 Å². The first-order chi connectivity index (χ1) is 5.47. The molecule has 2 nitrogen and oxygen atoms in total. The van der Waals surface area contributed by atoms with Crippen LogP contribution in [-0.4, -0.2) is 55.7 Å². The molecule has 0 N–H and O–H groups in total. The smallest absolute Gasteiger partial charge is 0.304 e. The van der Waals surface area contributed by atoms with Gasteiger partial charge in [-0.2, -0.15) is 13.2 Å². The summed E-state index contributed by atoms with van der Waals surface area (Å²) in [7, 11) is 1.92. The van der Waals surface area contributed by atoms with Crippen molar-refractivity contribution in [3.63, 3.8) is 0 Å².